The molecular formula is C27H26N4O. The summed E-state index contributed by atoms with van der Waals surface area (Å²) in [4.78, 5) is 4.77. The van der Waals surface area contributed by atoms with Crippen molar-refractivity contribution in [2.45, 2.75) is 13.0 Å². The fourth-order valence-corrected chi connectivity index (χ4v) is 3.76. The Balaban J connectivity index is 1.81. The largest absolute Gasteiger partial charge is 0.398 e. The zero-order valence-corrected chi connectivity index (χ0v) is 17.9. The topological polar surface area (TPSA) is 95.0 Å². The average Bonchev–Trinajstić information content (AvgIpc) is 2.83. The summed E-state index contributed by atoms with van der Waals surface area (Å²) in [7, 11) is 0. The van der Waals surface area contributed by atoms with Crippen molar-refractivity contribution in [1.82, 2.24) is 4.98 Å². The number of nitrogen functional groups attached to an aromatic ring is 1. The Labute approximate surface area is 188 Å². The van der Waals surface area contributed by atoms with Crippen LogP contribution in [0.5, 0.6) is 0 Å². The lowest BCUT2D eigenvalue weighted by Crippen LogP contribution is -2.15. The van der Waals surface area contributed by atoms with Crippen LogP contribution in [0.2, 0.25) is 0 Å². The third-order valence-corrected chi connectivity index (χ3v) is 5.43. The molecule has 0 aliphatic carbocycles. The van der Waals surface area contributed by atoms with Gasteiger partial charge < -0.3 is 21.6 Å². The summed E-state index contributed by atoms with van der Waals surface area (Å²) in [6.07, 6.45) is 1.79. The van der Waals surface area contributed by atoms with Gasteiger partial charge in [-0.2, -0.15) is 0 Å². The predicted molar refractivity (Wildman–Crippen MR) is 132 cm³/mol. The molecule has 5 nitrogen and oxygen atoms in total. The number of nitrogens with one attached hydrogen (secondary N) is 2. The van der Waals surface area contributed by atoms with Crippen LogP contribution in [0.25, 0.3) is 22.4 Å². The Hall–Kier alpha value is -3.96. The van der Waals surface area contributed by atoms with Crippen LogP contribution in [0.4, 0.5) is 11.4 Å². The SMILES string of the molecule is CC(=N)c1cc(-c2cc(NC(CO)c3ccccc3)cnc2-c2ccccc2)ccc1N. The lowest BCUT2D eigenvalue weighted by Gasteiger charge is -2.20. The van der Waals surface area contributed by atoms with Gasteiger partial charge >= 0.3 is 0 Å². The number of benzene rings is 3. The fraction of sp³-hybridized carbons (Fsp3) is 0.111. The standard InChI is InChI=1S/C27H26N4O/c1-18(28)23-14-21(12-13-25(23)29)24-15-22(16-30-27(24)20-10-6-3-7-11-20)31-26(17-32)19-8-4-2-5-9-19/h2-16,26,28,31-32H,17,29H2,1H3. The summed E-state index contributed by atoms with van der Waals surface area (Å²) in [6, 6.07) is 27.4. The van der Waals surface area contributed by atoms with Gasteiger partial charge in [0, 0.05) is 28.1 Å². The molecule has 3 aromatic carbocycles. The summed E-state index contributed by atoms with van der Waals surface area (Å²) in [5.74, 6) is 0. The van der Waals surface area contributed by atoms with Gasteiger partial charge in [-0.05, 0) is 36.2 Å². The van der Waals surface area contributed by atoms with E-state index in [2.05, 4.69) is 5.32 Å². The van der Waals surface area contributed by atoms with Gasteiger partial charge in [-0.1, -0.05) is 66.7 Å². The first-order valence-corrected chi connectivity index (χ1v) is 10.5. The first-order valence-electron chi connectivity index (χ1n) is 10.5. The Morgan fingerprint density at radius 2 is 1.66 bits per heavy atom. The normalized spacial score (nSPS) is 11.7. The monoisotopic (exact) mass is 422 g/mol. The van der Waals surface area contributed by atoms with E-state index in [0.29, 0.717) is 17.0 Å². The van der Waals surface area contributed by atoms with Crippen LogP contribution in [0.1, 0.15) is 24.1 Å². The van der Waals surface area contributed by atoms with Gasteiger partial charge in [0.05, 0.1) is 30.2 Å². The number of hydrogen-bond acceptors (Lipinski definition) is 5. The average molecular weight is 423 g/mol. The smallest absolute Gasteiger partial charge is 0.0781 e. The molecule has 32 heavy (non-hydrogen) atoms. The van der Waals surface area contributed by atoms with E-state index in [9.17, 15) is 5.11 Å². The Morgan fingerprint density at radius 1 is 0.969 bits per heavy atom. The van der Waals surface area contributed by atoms with Crippen molar-refractivity contribution in [3.05, 3.63) is 102 Å². The quantitative estimate of drug-likeness (QED) is 0.233. The third kappa shape index (κ3) is 4.53. The van der Waals surface area contributed by atoms with E-state index >= 15 is 0 Å². The van der Waals surface area contributed by atoms with Crippen LogP contribution in [0.15, 0.2) is 91.1 Å². The first-order chi connectivity index (χ1) is 15.6. The van der Waals surface area contributed by atoms with Crippen LogP contribution in [0, 0.1) is 5.41 Å². The van der Waals surface area contributed by atoms with Gasteiger partial charge in [-0.3, -0.25) is 4.98 Å². The summed E-state index contributed by atoms with van der Waals surface area (Å²) >= 11 is 0. The molecule has 4 aromatic rings. The zero-order valence-electron chi connectivity index (χ0n) is 17.9. The third-order valence-electron chi connectivity index (χ3n) is 5.43. The maximum Gasteiger partial charge on any atom is 0.0781 e. The molecule has 0 bridgehead atoms. The van der Waals surface area contributed by atoms with Crippen molar-refractivity contribution in [3.63, 3.8) is 0 Å². The lowest BCUT2D eigenvalue weighted by molar-refractivity contribution is 0.276. The lowest BCUT2D eigenvalue weighted by atomic mass is 9.95. The van der Waals surface area contributed by atoms with Crippen LogP contribution in [-0.4, -0.2) is 22.4 Å². The van der Waals surface area contributed by atoms with E-state index in [0.717, 1.165) is 33.6 Å². The molecule has 1 heterocycles. The molecule has 0 aliphatic heterocycles. The number of aliphatic hydroxyl groups excluding tert-OH is 1. The van der Waals surface area contributed by atoms with Crippen LogP contribution in [0.3, 0.4) is 0 Å². The van der Waals surface area contributed by atoms with Gasteiger partial charge in [-0.25, -0.2) is 0 Å². The van der Waals surface area contributed by atoms with Crippen molar-refractivity contribution < 1.29 is 5.11 Å². The second kappa shape index (κ2) is 9.45. The molecule has 0 spiro atoms. The van der Waals surface area contributed by atoms with Crippen molar-refractivity contribution in [3.8, 4) is 22.4 Å². The van der Waals surface area contributed by atoms with Gasteiger partial charge in [-0.15, -0.1) is 0 Å². The highest BCUT2D eigenvalue weighted by Crippen LogP contribution is 2.34. The zero-order chi connectivity index (χ0) is 22.5. The molecule has 0 aliphatic rings. The highest BCUT2D eigenvalue weighted by atomic mass is 16.3. The van der Waals surface area contributed by atoms with E-state index in [1.54, 1.807) is 13.1 Å². The minimum atomic E-state index is -0.251. The minimum absolute atomic E-state index is 0.0429. The van der Waals surface area contributed by atoms with E-state index in [1.807, 2.05) is 84.9 Å². The molecule has 5 heteroatoms. The predicted octanol–water partition coefficient (Wildman–Crippen LogP) is 5.53. The highest BCUT2D eigenvalue weighted by Gasteiger charge is 2.15. The Bertz CT molecular complexity index is 1220. The summed E-state index contributed by atoms with van der Waals surface area (Å²) in [5, 5.41) is 21.4. The van der Waals surface area contributed by atoms with Crippen molar-refractivity contribution in [2.24, 2.45) is 0 Å². The van der Waals surface area contributed by atoms with E-state index < -0.39 is 0 Å². The number of anilines is 2. The van der Waals surface area contributed by atoms with Crippen LogP contribution in [-0.2, 0) is 0 Å². The molecular weight excluding hydrogens is 396 g/mol. The molecule has 1 atom stereocenters. The number of rotatable bonds is 7. The fourth-order valence-electron chi connectivity index (χ4n) is 3.76. The Kier molecular flexibility index (Phi) is 6.29. The number of aromatic nitrogens is 1. The van der Waals surface area contributed by atoms with Gasteiger partial charge in [0.1, 0.15) is 0 Å². The molecule has 0 saturated heterocycles. The van der Waals surface area contributed by atoms with E-state index in [1.165, 1.54) is 0 Å². The van der Waals surface area contributed by atoms with Gasteiger partial charge in [0.2, 0.25) is 0 Å². The van der Waals surface area contributed by atoms with Gasteiger partial charge in [0.15, 0.2) is 0 Å². The van der Waals surface area contributed by atoms with E-state index in [4.69, 9.17) is 16.1 Å². The molecule has 0 saturated carbocycles. The molecule has 0 fully saturated rings. The second-order valence-corrected chi connectivity index (χ2v) is 7.70. The maximum absolute atomic E-state index is 9.97. The number of nitrogens with zero attached hydrogens (tertiary/aromatic N) is 1. The summed E-state index contributed by atoms with van der Waals surface area (Å²) in [5.41, 5.74) is 13.3. The molecule has 0 amide bonds. The second-order valence-electron chi connectivity index (χ2n) is 7.70. The van der Waals surface area contributed by atoms with Crippen molar-refractivity contribution in [1.29, 1.82) is 5.41 Å². The summed E-state index contributed by atoms with van der Waals surface area (Å²) < 4.78 is 0. The molecule has 1 aromatic heterocycles. The first kappa shape index (κ1) is 21.3. The number of hydrogen-bond donors (Lipinski definition) is 4. The molecule has 5 N–H and O–H groups in total. The van der Waals surface area contributed by atoms with Crippen molar-refractivity contribution >= 4 is 17.1 Å². The van der Waals surface area contributed by atoms with Crippen molar-refractivity contribution in [2.75, 3.05) is 17.7 Å². The van der Waals surface area contributed by atoms with Crippen LogP contribution < -0.4 is 11.1 Å². The molecule has 4 rings (SSSR count). The number of pyridine rings is 1. The van der Waals surface area contributed by atoms with E-state index in [-0.39, 0.29) is 12.6 Å². The minimum Gasteiger partial charge on any atom is -0.398 e. The molecule has 0 radical (unpaired) electrons. The highest BCUT2D eigenvalue weighted by molar-refractivity contribution is 6.02. The number of aliphatic hydroxyl groups is 1. The number of nitrogens with two attached hydrogens (primary N) is 1. The summed E-state index contributed by atoms with van der Waals surface area (Å²) in [6.45, 7) is 1.69. The van der Waals surface area contributed by atoms with Gasteiger partial charge in [0.25, 0.3) is 0 Å². The molecule has 1 unspecified atom stereocenters. The van der Waals surface area contributed by atoms with Crippen LogP contribution >= 0.6 is 0 Å². The Morgan fingerprint density at radius 3 is 2.31 bits per heavy atom. The molecule has 160 valence electrons. The maximum atomic E-state index is 9.97.